The number of carbonyl (C=O) groups is 1. The molecule has 1 aromatic rings. The molecular formula is C30H40N2O3. The predicted octanol–water partition coefficient (Wildman–Crippen LogP) is 3.55. The number of rotatable bonds is 3. The number of nitrogens with one attached hydrogen (secondary N) is 1. The molecule has 0 amide bonds. The first-order chi connectivity index (χ1) is 17.0. The molecule has 4 bridgehead atoms. The number of fused-ring (bicyclic) bond motifs is 6. The maximum Gasteiger partial charge on any atom is 0.150 e. The number of carbonyl (C=O) groups excluding carboxylic acids is 1. The molecule has 188 valence electrons. The minimum Gasteiger partial charge on any atom is -0.392 e. The summed E-state index contributed by atoms with van der Waals surface area (Å²) in [6.45, 7) is 3.12. The topological polar surface area (TPSA) is 72.6 Å². The van der Waals surface area contributed by atoms with E-state index < -0.39 is 5.72 Å². The molecule has 8 rings (SSSR count). The normalized spacial score (nSPS) is 55.8. The van der Waals surface area contributed by atoms with Crippen LogP contribution in [0.3, 0.4) is 0 Å². The van der Waals surface area contributed by atoms with Gasteiger partial charge in [0.05, 0.1) is 6.10 Å². The number of aliphatic hydroxyl groups is 2. The molecule has 5 heteroatoms. The van der Waals surface area contributed by atoms with Crippen molar-refractivity contribution in [2.45, 2.75) is 94.2 Å². The van der Waals surface area contributed by atoms with Gasteiger partial charge in [0.1, 0.15) is 12.0 Å². The summed E-state index contributed by atoms with van der Waals surface area (Å²) < 4.78 is 0. The quantitative estimate of drug-likeness (QED) is 0.460. The largest absolute Gasteiger partial charge is 0.392 e. The number of hydrogen-bond donors (Lipinski definition) is 3. The third-order valence-electron chi connectivity index (χ3n) is 12.7. The first-order valence-corrected chi connectivity index (χ1v) is 14.5. The predicted molar refractivity (Wildman–Crippen MR) is 133 cm³/mol. The molecule has 1 unspecified atom stereocenters. The lowest BCUT2D eigenvalue weighted by Gasteiger charge is -2.55. The summed E-state index contributed by atoms with van der Waals surface area (Å²) in [7, 11) is 0. The Labute approximate surface area is 208 Å². The lowest BCUT2D eigenvalue weighted by atomic mass is 9.57. The van der Waals surface area contributed by atoms with Gasteiger partial charge in [0.25, 0.3) is 0 Å². The molecule has 35 heavy (non-hydrogen) atoms. The monoisotopic (exact) mass is 476 g/mol. The maximum absolute atomic E-state index is 12.0. The van der Waals surface area contributed by atoms with E-state index in [0.717, 1.165) is 30.7 Å². The van der Waals surface area contributed by atoms with Crippen LogP contribution in [0, 0.1) is 40.9 Å². The Kier molecular flexibility index (Phi) is 4.47. The third kappa shape index (κ3) is 2.61. The van der Waals surface area contributed by atoms with Crippen LogP contribution in [-0.2, 0) is 0 Å². The van der Waals surface area contributed by atoms with Crippen molar-refractivity contribution in [3.8, 4) is 0 Å². The van der Waals surface area contributed by atoms with E-state index in [1.807, 2.05) is 12.1 Å². The van der Waals surface area contributed by atoms with Gasteiger partial charge in [-0.05, 0) is 86.0 Å². The molecule has 14 atom stereocenters. The fourth-order valence-corrected chi connectivity index (χ4v) is 11.5. The van der Waals surface area contributed by atoms with Crippen LogP contribution in [-0.4, -0.2) is 57.9 Å². The van der Waals surface area contributed by atoms with Crippen LogP contribution in [0.25, 0.3) is 0 Å². The van der Waals surface area contributed by atoms with Gasteiger partial charge in [-0.2, -0.15) is 0 Å². The number of nitrogens with zero attached hydrogens (tertiary/aromatic N) is 1. The molecule has 3 aliphatic heterocycles. The van der Waals surface area contributed by atoms with E-state index in [1.165, 1.54) is 50.5 Å². The first kappa shape index (κ1) is 21.8. The van der Waals surface area contributed by atoms with Gasteiger partial charge in [0, 0.05) is 41.6 Å². The van der Waals surface area contributed by atoms with Gasteiger partial charge >= 0.3 is 0 Å². The Hall–Kier alpha value is -1.27. The lowest BCUT2D eigenvalue weighted by molar-refractivity contribution is -0.0570. The maximum atomic E-state index is 12.0. The zero-order valence-corrected chi connectivity index (χ0v) is 20.9. The van der Waals surface area contributed by atoms with Crippen molar-refractivity contribution >= 4 is 6.29 Å². The van der Waals surface area contributed by atoms with Crippen molar-refractivity contribution in [1.82, 2.24) is 10.2 Å². The van der Waals surface area contributed by atoms with E-state index >= 15 is 0 Å². The summed E-state index contributed by atoms with van der Waals surface area (Å²) in [6, 6.07) is 9.28. The van der Waals surface area contributed by atoms with E-state index in [9.17, 15) is 15.0 Å². The van der Waals surface area contributed by atoms with Crippen LogP contribution in [0.2, 0.25) is 0 Å². The summed E-state index contributed by atoms with van der Waals surface area (Å²) in [5.41, 5.74) is 1.43. The van der Waals surface area contributed by atoms with Crippen LogP contribution in [0.15, 0.2) is 24.3 Å². The van der Waals surface area contributed by atoms with Crippen LogP contribution in [0.4, 0.5) is 0 Å². The van der Waals surface area contributed by atoms with E-state index in [1.54, 1.807) is 0 Å². The first-order valence-electron chi connectivity index (χ1n) is 14.5. The molecule has 3 saturated heterocycles. The fraction of sp³-hybridized carbons (Fsp3) is 0.767. The Morgan fingerprint density at radius 3 is 2.63 bits per heavy atom. The van der Waals surface area contributed by atoms with Crippen LogP contribution in [0.5, 0.6) is 0 Å². The Balaban J connectivity index is 1.14. The minimum atomic E-state index is -0.659. The average molecular weight is 477 g/mol. The molecule has 1 spiro atoms. The summed E-state index contributed by atoms with van der Waals surface area (Å²) >= 11 is 0. The zero-order chi connectivity index (χ0) is 23.7. The van der Waals surface area contributed by atoms with Crippen LogP contribution in [0.1, 0.15) is 80.1 Å². The highest BCUT2D eigenvalue weighted by atomic mass is 16.3. The summed E-state index contributed by atoms with van der Waals surface area (Å²) in [4.78, 5) is 13.6. The highest BCUT2D eigenvalue weighted by Gasteiger charge is 2.75. The fourth-order valence-electron chi connectivity index (χ4n) is 11.5. The Morgan fingerprint density at radius 2 is 1.83 bits per heavy atom. The van der Waals surface area contributed by atoms with Crippen molar-refractivity contribution in [1.29, 1.82) is 0 Å². The van der Waals surface area contributed by atoms with E-state index in [2.05, 4.69) is 29.3 Å². The van der Waals surface area contributed by atoms with Crippen molar-refractivity contribution in [2.75, 3.05) is 6.54 Å². The second-order valence-electron chi connectivity index (χ2n) is 13.5. The minimum absolute atomic E-state index is 0.0921. The number of aliphatic hydroxyl groups excluding tert-OH is 1. The average Bonchev–Trinajstić information content (AvgIpc) is 3.15. The molecule has 4 saturated carbocycles. The van der Waals surface area contributed by atoms with Gasteiger partial charge in [-0.3, -0.25) is 9.69 Å². The van der Waals surface area contributed by atoms with Crippen LogP contribution >= 0.6 is 0 Å². The molecule has 7 aliphatic rings. The number of hydrogen-bond acceptors (Lipinski definition) is 5. The second-order valence-corrected chi connectivity index (χ2v) is 13.5. The van der Waals surface area contributed by atoms with Gasteiger partial charge < -0.3 is 15.5 Å². The molecule has 1 aromatic carbocycles. The summed E-state index contributed by atoms with van der Waals surface area (Å²) in [5, 5.41) is 27.6. The van der Waals surface area contributed by atoms with E-state index in [-0.39, 0.29) is 11.5 Å². The Morgan fingerprint density at radius 1 is 1.06 bits per heavy atom. The molecule has 0 radical (unpaired) electrons. The molecule has 0 aromatic heterocycles. The Bertz CT molecular complexity index is 1040. The lowest BCUT2D eigenvalue weighted by Crippen LogP contribution is -2.65. The SMILES string of the molecule is C[C@H](c1ccc(C=O)cc1)[C@@H]1[C@H]2CC[C@H]3[C@@H]4CC[C@@H]5CCC[C@@]56[C@H](O)C[C@H]4[C@@H]6N[C@@H]3[C@@H]2[C@@]2(O)CN12. The van der Waals surface area contributed by atoms with Gasteiger partial charge in [0.15, 0.2) is 0 Å². The molecule has 3 heterocycles. The van der Waals surface area contributed by atoms with E-state index in [4.69, 9.17) is 0 Å². The van der Waals surface area contributed by atoms with Crippen molar-refractivity contribution in [2.24, 2.45) is 40.9 Å². The third-order valence-corrected chi connectivity index (χ3v) is 12.7. The standard InChI is InChI=1S/C30H40N2O3/c1-16(18-6-4-17(14-33)5-7-18)27-22-11-10-21-20-9-8-19-3-2-12-29(19)24(34)13-23(20)28(29)31-26(21)25(22)30(35)15-32(27)30/h4-7,14,16,19-28,31,34-35H,2-3,8-13,15H2,1H3/t16-,19+,20+,21+,22+,23-,24-,25-,26+,27-,28+,29+,30+,32?/m1/s1. The molecular weight excluding hydrogens is 436 g/mol. The summed E-state index contributed by atoms with van der Waals surface area (Å²) in [5.74, 6) is 3.80. The zero-order valence-electron chi connectivity index (χ0n) is 20.9. The second kappa shape index (κ2) is 7.18. The van der Waals surface area contributed by atoms with Gasteiger partial charge in [0.2, 0.25) is 0 Å². The highest BCUT2D eigenvalue weighted by molar-refractivity contribution is 5.74. The van der Waals surface area contributed by atoms with Crippen LogP contribution < -0.4 is 5.32 Å². The number of benzene rings is 1. The molecule has 4 aliphatic carbocycles. The van der Waals surface area contributed by atoms with Gasteiger partial charge in [-0.25, -0.2) is 0 Å². The number of aldehydes is 1. The van der Waals surface area contributed by atoms with Gasteiger partial charge in [-0.1, -0.05) is 37.6 Å². The highest BCUT2D eigenvalue weighted by Crippen LogP contribution is 2.68. The van der Waals surface area contributed by atoms with Crippen molar-refractivity contribution < 1.29 is 15.0 Å². The van der Waals surface area contributed by atoms with E-state index in [0.29, 0.717) is 53.6 Å². The number of piperidine rings is 2. The smallest absolute Gasteiger partial charge is 0.150 e. The van der Waals surface area contributed by atoms with Crippen molar-refractivity contribution in [3.63, 3.8) is 0 Å². The van der Waals surface area contributed by atoms with Gasteiger partial charge in [-0.15, -0.1) is 0 Å². The summed E-state index contributed by atoms with van der Waals surface area (Å²) in [6.07, 6.45) is 10.7. The molecule has 5 nitrogen and oxygen atoms in total. The van der Waals surface area contributed by atoms with Crippen molar-refractivity contribution in [3.05, 3.63) is 35.4 Å². The molecule has 7 fully saturated rings. The molecule has 3 N–H and O–H groups in total.